The molecule has 3 aromatic rings. The Morgan fingerprint density at radius 3 is 2.79 bits per heavy atom. The van der Waals surface area contributed by atoms with Crippen molar-refractivity contribution >= 4 is 41.6 Å². The SMILES string of the molecule is CCOc1c(Cl)cc(/C=N\n2c(-c3ccco3)n[nH]c2=S)cc1Cl. The number of ether oxygens (including phenoxy) is 1. The van der Waals surface area contributed by atoms with Crippen molar-refractivity contribution in [2.45, 2.75) is 6.92 Å². The number of halogens is 2. The summed E-state index contributed by atoms with van der Waals surface area (Å²) in [6, 6.07) is 6.94. The summed E-state index contributed by atoms with van der Waals surface area (Å²) in [6.45, 7) is 2.34. The zero-order valence-corrected chi connectivity index (χ0v) is 14.8. The van der Waals surface area contributed by atoms with Crippen molar-refractivity contribution < 1.29 is 9.15 Å². The van der Waals surface area contributed by atoms with E-state index in [0.29, 0.717) is 44.3 Å². The average Bonchev–Trinajstić information content (AvgIpc) is 3.18. The smallest absolute Gasteiger partial charge is 0.219 e. The minimum absolute atomic E-state index is 0.334. The number of hydrogen-bond donors (Lipinski definition) is 1. The number of hydrogen-bond acceptors (Lipinski definition) is 5. The van der Waals surface area contributed by atoms with Gasteiger partial charge in [0.1, 0.15) is 0 Å². The molecular weight excluding hydrogens is 371 g/mol. The fourth-order valence-electron chi connectivity index (χ4n) is 2.02. The second-order valence-corrected chi connectivity index (χ2v) is 5.83. The van der Waals surface area contributed by atoms with Crippen LogP contribution in [0.5, 0.6) is 5.75 Å². The molecule has 0 saturated carbocycles. The van der Waals surface area contributed by atoms with E-state index >= 15 is 0 Å². The Labute approximate surface area is 152 Å². The quantitative estimate of drug-likeness (QED) is 0.508. The van der Waals surface area contributed by atoms with Gasteiger partial charge in [-0.05, 0) is 49.0 Å². The van der Waals surface area contributed by atoms with E-state index in [1.165, 1.54) is 4.68 Å². The number of benzene rings is 1. The molecule has 124 valence electrons. The first-order valence-electron chi connectivity index (χ1n) is 6.97. The second kappa shape index (κ2) is 7.21. The van der Waals surface area contributed by atoms with Gasteiger partial charge in [-0.1, -0.05) is 23.2 Å². The van der Waals surface area contributed by atoms with Crippen LogP contribution >= 0.6 is 35.4 Å². The predicted molar refractivity (Wildman–Crippen MR) is 95.7 cm³/mol. The van der Waals surface area contributed by atoms with E-state index in [1.807, 2.05) is 6.92 Å². The maximum absolute atomic E-state index is 6.19. The Kier molecular flexibility index (Phi) is 5.03. The van der Waals surface area contributed by atoms with Crippen molar-refractivity contribution in [1.82, 2.24) is 14.9 Å². The first-order chi connectivity index (χ1) is 11.6. The summed E-state index contributed by atoms with van der Waals surface area (Å²) in [5, 5.41) is 11.9. The Morgan fingerprint density at radius 1 is 1.42 bits per heavy atom. The first kappa shape index (κ1) is 16.8. The summed E-state index contributed by atoms with van der Waals surface area (Å²) in [5.41, 5.74) is 0.696. The standard InChI is InChI=1S/C15H12Cl2N4O2S/c1-2-22-13-10(16)6-9(7-11(13)17)8-18-21-14(19-20-15(21)24)12-4-3-5-23-12/h3-8H,2H2,1H3,(H,20,24)/b18-8-. The van der Waals surface area contributed by atoms with Crippen molar-refractivity contribution in [3.8, 4) is 17.3 Å². The van der Waals surface area contributed by atoms with Gasteiger partial charge in [0, 0.05) is 0 Å². The minimum Gasteiger partial charge on any atom is -0.491 e. The summed E-state index contributed by atoms with van der Waals surface area (Å²) >= 11 is 17.6. The van der Waals surface area contributed by atoms with Crippen LogP contribution in [0.1, 0.15) is 12.5 Å². The molecule has 3 rings (SSSR count). The van der Waals surface area contributed by atoms with Gasteiger partial charge in [0.15, 0.2) is 11.5 Å². The maximum Gasteiger partial charge on any atom is 0.219 e. The number of aromatic amines is 1. The number of furan rings is 1. The molecule has 0 radical (unpaired) electrons. The van der Waals surface area contributed by atoms with Gasteiger partial charge < -0.3 is 9.15 Å². The van der Waals surface area contributed by atoms with Crippen molar-refractivity contribution in [2.75, 3.05) is 6.61 Å². The highest BCUT2D eigenvalue weighted by molar-refractivity contribution is 7.71. The van der Waals surface area contributed by atoms with Crippen molar-refractivity contribution in [3.63, 3.8) is 0 Å². The van der Waals surface area contributed by atoms with Crippen molar-refractivity contribution in [2.24, 2.45) is 5.10 Å². The molecule has 1 N–H and O–H groups in total. The molecule has 6 nitrogen and oxygen atoms in total. The molecule has 1 aromatic carbocycles. The van der Waals surface area contributed by atoms with Crippen molar-refractivity contribution in [1.29, 1.82) is 0 Å². The molecule has 0 saturated heterocycles. The van der Waals surface area contributed by atoms with E-state index in [1.54, 1.807) is 36.7 Å². The van der Waals surface area contributed by atoms with E-state index in [0.717, 1.165) is 0 Å². The predicted octanol–water partition coefficient (Wildman–Crippen LogP) is 4.79. The number of aromatic nitrogens is 3. The summed E-state index contributed by atoms with van der Waals surface area (Å²) < 4.78 is 12.5. The molecule has 0 aliphatic carbocycles. The van der Waals surface area contributed by atoms with Gasteiger partial charge in [0.2, 0.25) is 10.6 Å². The Bertz CT molecular complexity index is 908. The zero-order valence-electron chi connectivity index (χ0n) is 12.5. The van der Waals surface area contributed by atoms with Crippen LogP contribution in [0.3, 0.4) is 0 Å². The number of rotatable bonds is 5. The van der Waals surface area contributed by atoms with Crippen LogP contribution in [-0.2, 0) is 0 Å². The van der Waals surface area contributed by atoms with E-state index in [9.17, 15) is 0 Å². The topological polar surface area (TPSA) is 68.3 Å². The number of nitrogens with one attached hydrogen (secondary N) is 1. The third-order valence-electron chi connectivity index (χ3n) is 3.02. The van der Waals surface area contributed by atoms with Gasteiger partial charge >= 0.3 is 0 Å². The van der Waals surface area contributed by atoms with Crippen molar-refractivity contribution in [3.05, 3.63) is 50.9 Å². The second-order valence-electron chi connectivity index (χ2n) is 4.63. The average molecular weight is 383 g/mol. The van der Waals surface area contributed by atoms with Crippen LogP contribution in [-0.4, -0.2) is 27.7 Å². The van der Waals surface area contributed by atoms with Gasteiger partial charge in [-0.25, -0.2) is 5.10 Å². The fourth-order valence-corrected chi connectivity index (χ4v) is 2.82. The van der Waals surface area contributed by atoms with Crippen LogP contribution < -0.4 is 4.74 Å². The summed E-state index contributed by atoms with van der Waals surface area (Å²) in [6.07, 6.45) is 3.12. The first-order valence-corrected chi connectivity index (χ1v) is 8.14. The molecule has 9 heteroatoms. The van der Waals surface area contributed by atoms with Crippen LogP contribution in [0.25, 0.3) is 11.6 Å². The van der Waals surface area contributed by atoms with E-state index < -0.39 is 0 Å². The lowest BCUT2D eigenvalue weighted by Crippen LogP contribution is -1.96. The molecule has 0 atom stereocenters. The lowest BCUT2D eigenvalue weighted by Gasteiger charge is -2.08. The van der Waals surface area contributed by atoms with Gasteiger partial charge in [0.25, 0.3) is 0 Å². The molecule has 2 heterocycles. The molecule has 0 amide bonds. The van der Waals surface area contributed by atoms with Crippen LogP contribution in [0.4, 0.5) is 0 Å². The van der Waals surface area contributed by atoms with E-state index in [4.69, 9.17) is 44.6 Å². The van der Waals surface area contributed by atoms with E-state index in [-0.39, 0.29) is 0 Å². The molecule has 0 spiro atoms. The molecule has 0 bridgehead atoms. The summed E-state index contributed by atoms with van der Waals surface area (Å²) in [5.74, 6) is 1.46. The Balaban J connectivity index is 1.95. The minimum atomic E-state index is 0.334. The molecule has 2 aromatic heterocycles. The van der Waals surface area contributed by atoms with Crippen LogP contribution in [0, 0.1) is 4.77 Å². The summed E-state index contributed by atoms with van der Waals surface area (Å²) in [4.78, 5) is 0. The largest absolute Gasteiger partial charge is 0.491 e. The van der Waals surface area contributed by atoms with Gasteiger partial charge in [-0.2, -0.15) is 9.78 Å². The highest BCUT2D eigenvalue weighted by atomic mass is 35.5. The third kappa shape index (κ3) is 3.38. The lowest BCUT2D eigenvalue weighted by molar-refractivity contribution is 0.340. The lowest BCUT2D eigenvalue weighted by atomic mass is 10.2. The normalized spacial score (nSPS) is 11.3. The molecule has 0 fully saturated rings. The highest BCUT2D eigenvalue weighted by Crippen LogP contribution is 2.33. The van der Waals surface area contributed by atoms with Crippen LogP contribution in [0.15, 0.2) is 40.0 Å². The summed E-state index contributed by atoms with van der Waals surface area (Å²) in [7, 11) is 0. The maximum atomic E-state index is 6.19. The van der Waals surface area contributed by atoms with E-state index in [2.05, 4.69) is 15.3 Å². The fraction of sp³-hybridized carbons (Fsp3) is 0.133. The van der Waals surface area contributed by atoms with Crippen LogP contribution in [0.2, 0.25) is 10.0 Å². The Morgan fingerprint density at radius 2 is 2.17 bits per heavy atom. The zero-order chi connectivity index (χ0) is 17.1. The third-order valence-corrected chi connectivity index (χ3v) is 3.85. The Hall–Kier alpha value is -2.09. The van der Waals surface area contributed by atoms with Gasteiger partial charge in [-0.15, -0.1) is 5.10 Å². The molecule has 24 heavy (non-hydrogen) atoms. The highest BCUT2D eigenvalue weighted by Gasteiger charge is 2.11. The number of H-pyrrole nitrogens is 1. The molecule has 0 aliphatic rings. The molecule has 0 unspecified atom stereocenters. The van der Waals surface area contributed by atoms with Gasteiger partial charge in [0.05, 0.1) is 29.1 Å². The molecular formula is C15H12Cl2N4O2S. The number of nitrogens with zero attached hydrogens (tertiary/aromatic N) is 3. The van der Waals surface area contributed by atoms with Gasteiger partial charge in [-0.3, -0.25) is 0 Å². The molecule has 0 aliphatic heterocycles. The monoisotopic (exact) mass is 382 g/mol.